The average Bonchev–Trinajstić information content (AvgIpc) is 2.41. The van der Waals surface area contributed by atoms with Crippen LogP contribution in [-0.2, 0) is 11.2 Å². The van der Waals surface area contributed by atoms with Gasteiger partial charge in [0.05, 0.1) is 0 Å². The average molecular weight is 309 g/mol. The largest absolute Gasteiger partial charge is 0.489 e. The maximum Gasteiger partial charge on any atom is 0.135 e. The summed E-state index contributed by atoms with van der Waals surface area (Å²) in [4.78, 5) is 11.7. The molecule has 0 aliphatic heterocycles. The zero-order chi connectivity index (χ0) is 16.7. The van der Waals surface area contributed by atoms with Gasteiger partial charge in [-0.05, 0) is 31.0 Å². The van der Waals surface area contributed by atoms with Crippen molar-refractivity contribution in [2.75, 3.05) is 6.54 Å². The molecule has 0 aliphatic carbocycles. The SMILES string of the molecule is CC(C)NC[C@H](C)Oc1cc(F)cc(CCC(=O)C(C)C)c1. The monoisotopic (exact) mass is 309 g/mol. The maximum absolute atomic E-state index is 13.7. The first-order valence-electron chi connectivity index (χ1n) is 8.00. The normalized spacial score (nSPS) is 12.7. The van der Waals surface area contributed by atoms with Gasteiger partial charge in [-0.15, -0.1) is 0 Å². The van der Waals surface area contributed by atoms with Gasteiger partial charge in [-0.2, -0.15) is 0 Å². The number of Topliss-reactive ketones (excluding diaryl/α,β-unsaturated/α-hetero) is 1. The Hall–Kier alpha value is -1.42. The third-order valence-electron chi connectivity index (χ3n) is 3.39. The van der Waals surface area contributed by atoms with Gasteiger partial charge in [-0.25, -0.2) is 4.39 Å². The van der Waals surface area contributed by atoms with E-state index in [0.29, 0.717) is 31.2 Å². The zero-order valence-corrected chi connectivity index (χ0v) is 14.3. The topological polar surface area (TPSA) is 38.3 Å². The Balaban J connectivity index is 2.63. The van der Waals surface area contributed by atoms with Crippen molar-refractivity contribution in [1.82, 2.24) is 5.32 Å². The van der Waals surface area contributed by atoms with Gasteiger partial charge in [0, 0.05) is 31.0 Å². The molecule has 0 aliphatic rings. The number of carbonyl (C=O) groups excluding carboxylic acids is 1. The third-order valence-corrected chi connectivity index (χ3v) is 3.39. The molecule has 1 aromatic rings. The van der Waals surface area contributed by atoms with Crippen LogP contribution in [0.5, 0.6) is 5.75 Å². The molecule has 1 atom stereocenters. The predicted molar refractivity (Wildman–Crippen MR) is 87.8 cm³/mol. The van der Waals surface area contributed by atoms with Crippen molar-refractivity contribution in [2.24, 2.45) is 5.92 Å². The van der Waals surface area contributed by atoms with E-state index < -0.39 is 0 Å². The molecule has 0 saturated carbocycles. The number of nitrogens with one attached hydrogen (secondary N) is 1. The van der Waals surface area contributed by atoms with E-state index in [1.165, 1.54) is 12.1 Å². The minimum absolute atomic E-state index is 0.0198. The molecule has 3 nitrogen and oxygen atoms in total. The van der Waals surface area contributed by atoms with E-state index in [0.717, 1.165) is 5.56 Å². The number of ketones is 1. The van der Waals surface area contributed by atoms with Gasteiger partial charge in [0.15, 0.2) is 0 Å². The highest BCUT2D eigenvalue weighted by Crippen LogP contribution is 2.19. The summed E-state index contributed by atoms with van der Waals surface area (Å²) >= 11 is 0. The van der Waals surface area contributed by atoms with Crippen molar-refractivity contribution < 1.29 is 13.9 Å². The van der Waals surface area contributed by atoms with Crippen molar-refractivity contribution >= 4 is 5.78 Å². The minimum atomic E-state index is -0.325. The summed E-state index contributed by atoms with van der Waals surface area (Å²) in [6.07, 6.45) is 0.934. The summed E-state index contributed by atoms with van der Waals surface area (Å²) in [6.45, 7) is 10.5. The molecule has 0 spiro atoms. The van der Waals surface area contributed by atoms with Gasteiger partial charge in [-0.1, -0.05) is 27.7 Å². The van der Waals surface area contributed by atoms with Gasteiger partial charge in [0.2, 0.25) is 0 Å². The van der Waals surface area contributed by atoms with Crippen molar-refractivity contribution in [3.8, 4) is 5.75 Å². The van der Waals surface area contributed by atoms with Crippen LogP contribution in [0.15, 0.2) is 18.2 Å². The summed E-state index contributed by atoms with van der Waals surface area (Å²) in [6, 6.07) is 5.07. The van der Waals surface area contributed by atoms with Crippen LogP contribution in [0.1, 0.15) is 46.6 Å². The lowest BCUT2D eigenvalue weighted by molar-refractivity contribution is -0.121. The fraction of sp³-hybridized carbons (Fsp3) is 0.611. The molecule has 0 unspecified atom stereocenters. The Labute approximate surface area is 133 Å². The highest BCUT2D eigenvalue weighted by molar-refractivity contribution is 5.80. The smallest absolute Gasteiger partial charge is 0.135 e. The number of benzene rings is 1. The number of hydrogen-bond acceptors (Lipinski definition) is 3. The van der Waals surface area contributed by atoms with E-state index in [2.05, 4.69) is 19.2 Å². The molecule has 0 heterocycles. The summed E-state index contributed by atoms with van der Waals surface area (Å²) in [5.74, 6) is 0.409. The highest BCUT2D eigenvalue weighted by atomic mass is 19.1. The van der Waals surface area contributed by atoms with Crippen LogP contribution in [0, 0.1) is 11.7 Å². The van der Waals surface area contributed by atoms with E-state index in [1.807, 2.05) is 26.8 Å². The van der Waals surface area contributed by atoms with E-state index in [4.69, 9.17) is 4.74 Å². The van der Waals surface area contributed by atoms with Gasteiger partial charge >= 0.3 is 0 Å². The van der Waals surface area contributed by atoms with Crippen molar-refractivity contribution in [2.45, 2.75) is 59.6 Å². The molecule has 1 rings (SSSR count). The highest BCUT2D eigenvalue weighted by Gasteiger charge is 2.10. The molecule has 0 bridgehead atoms. The van der Waals surface area contributed by atoms with Gasteiger partial charge in [0.1, 0.15) is 23.5 Å². The Bertz CT molecular complexity index is 486. The molecule has 0 amide bonds. The molecular formula is C18H28FNO2. The van der Waals surface area contributed by atoms with Crippen LogP contribution in [0.3, 0.4) is 0 Å². The first-order valence-corrected chi connectivity index (χ1v) is 8.00. The molecule has 22 heavy (non-hydrogen) atoms. The third kappa shape index (κ3) is 7.03. The molecule has 1 aromatic carbocycles. The summed E-state index contributed by atoms with van der Waals surface area (Å²) in [7, 11) is 0. The lowest BCUT2D eigenvalue weighted by Crippen LogP contribution is -2.33. The quantitative estimate of drug-likeness (QED) is 0.755. The van der Waals surface area contributed by atoms with Crippen molar-refractivity contribution in [3.05, 3.63) is 29.6 Å². The van der Waals surface area contributed by atoms with Gasteiger partial charge in [0.25, 0.3) is 0 Å². The molecular weight excluding hydrogens is 281 g/mol. The first-order chi connectivity index (χ1) is 10.3. The second-order valence-corrected chi connectivity index (χ2v) is 6.41. The fourth-order valence-electron chi connectivity index (χ4n) is 2.06. The van der Waals surface area contributed by atoms with E-state index in [-0.39, 0.29) is 23.6 Å². The van der Waals surface area contributed by atoms with Crippen molar-refractivity contribution in [3.63, 3.8) is 0 Å². The first kappa shape index (κ1) is 18.6. The Morgan fingerprint density at radius 1 is 1.18 bits per heavy atom. The Morgan fingerprint density at radius 3 is 2.45 bits per heavy atom. The second kappa shape index (κ2) is 8.89. The molecule has 0 aromatic heterocycles. The molecule has 1 N–H and O–H groups in total. The number of carbonyl (C=O) groups is 1. The number of rotatable bonds is 9. The Kier molecular flexibility index (Phi) is 7.52. The van der Waals surface area contributed by atoms with E-state index in [1.54, 1.807) is 0 Å². The number of hydrogen-bond donors (Lipinski definition) is 1. The molecule has 4 heteroatoms. The predicted octanol–water partition coefficient (Wildman–Crippen LogP) is 3.75. The van der Waals surface area contributed by atoms with E-state index >= 15 is 0 Å². The number of halogens is 1. The van der Waals surface area contributed by atoms with Crippen LogP contribution < -0.4 is 10.1 Å². The van der Waals surface area contributed by atoms with Gasteiger partial charge < -0.3 is 10.1 Å². The fourth-order valence-corrected chi connectivity index (χ4v) is 2.06. The number of aryl methyl sites for hydroxylation is 1. The summed E-state index contributed by atoms with van der Waals surface area (Å²) in [5.41, 5.74) is 0.799. The molecule has 0 fully saturated rings. The number of ether oxygens (including phenoxy) is 1. The Morgan fingerprint density at radius 2 is 1.86 bits per heavy atom. The van der Waals surface area contributed by atoms with Crippen LogP contribution in [0.2, 0.25) is 0 Å². The van der Waals surface area contributed by atoms with Gasteiger partial charge in [-0.3, -0.25) is 4.79 Å². The van der Waals surface area contributed by atoms with Crippen LogP contribution in [-0.4, -0.2) is 24.5 Å². The molecule has 124 valence electrons. The second-order valence-electron chi connectivity index (χ2n) is 6.41. The van der Waals surface area contributed by atoms with Crippen LogP contribution in [0.25, 0.3) is 0 Å². The van der Waals surface area contributed by atoms with Crippen LogP contribution in [0.4, 0.5) is 4.39 Å². The zero-order valence-electron chi connectivity index (χ0n) is 14.3. The summed E-state index contributed by atoms with van der Waals surface area (Å²) in [5, 5.41) is 3.28. The molecule has 0 saturated heterocycles. The maximum atomic E-state index is 13.7. The lowest BCUT2D eigenvalue weighted by atomic mass is 10.0. The van der Waals surface area contributed by atoms with E-state index in [9.17, 15) is 9.18 Å². The lowest BCUT2D eigenvalue weighted by Gasteiger charge is -2.17. The van der Waals surface area contributed by atoms with Crippen LogP contribution >= 0.6 is 0 Å². The van der Waals surface area contributed by atoms with Crippen molar-refractivity contribution in [1.29, 1.82) is 0 Å². The molecule has 0 radical (unpaired) electrons. The minimum Gasteiger partial charge on any atom is -0.489 e. The summed E-state index contributed by atoms with van der Waals surface area (Å²) < 4.78 is 19.4. The standard InChI is InChI=1S/C18H28FNO2/c1-12(2)18(21)7-6-15-8-16(19)10-17(9-15)22-14(5)11-20-13(3)4/h8-10,12-14,20H,6-7,11H2,1-5H3/t14-/m0/s1.